The van der Waals surface area contributed by atoms with Crippen LogP contribution in [0.15, 0.2) is 24.3 Å². The fourth-order valence-corrected chi connectivity index (χ4v) is 1.43. The van der Waals surface area contributed by atoms with Crippen molar-refractivity contribution < 1.29 is 9.66 Å². The molecular weight excluding hydrogens is 220 g/mol. The van der Waals surface area contributed by atoms with Crippen molar-refractivity contribution in [3.8, 4) is 0 Å². The van der Waals surface area contributed by atoms with Crippen LogP contribution in [0.3, 0.4) is 0 Å². The lowest BCUT2D eigenvalue weighted by Gasteiger charge is -2.07. The minimum Gasteiger partial charge on any atom is -0.381 e. The summed E-state index contributed by atoms with van der Waals surface area (Å²) in [5, 5.41) is 13.8. The number of hydrogen-bond acceptors (Lipinski definition) is 4. The molecule has 0 saturated carbocycles. The van der Waals surface area contributed by atoms with Crippen molar-refractivity contribution in [1.29, 1.82) is 0 Å². The summed E-state index contributed by atoms with van der Waals surface area (Å²) in [4.78, 5) is 10.4. The lowest BCUT2D eigenvalue weighted by molar-refractivity contribution is -0.384. The molecule has 1 aromatic rings. The molecule has 1 N–H and O–H groups in total. The monoisotopic (exact) mass is 238 g/mol. The molecule has 0 aliphatic heterocycles. The Bertz CT molecular complexity index is 355. The standard InChI is InChI=1S/C12H18N2O3/c1-2-9-17-10-5-8-13-11-6-3-4-7-12(11)14(15)16/h3-4,6-7,13H,2,5,8-10H2,1H3. The van der Waals surface area contributed by atoms with Gasteiger partial charge in [0.05, 0.1) is 4.92 Å². The van der Waals surface area contributed by atoms with Gasteiger partial charge in [-0.2, -0.15) is 0 Å². The molecule has 1 aromatic carbocycles. The first-order valence-corrected chi connectivity index (χ1v) is 5.80. The number of nitro groups is 1. The Morgan fingerprint density at radius 3 is 2.82 bits per heavy atom. The Kier molecular flexibility index (Phi) is 6.03. The average Bonchev–Trinajstić information content (AvgIpc) is 2.34. The molecule has 0 heterocycles. The zero-order valence-corrected chi connectivity index (χ0v) is 10.0. The van der Waals surface area contributed by atoms with E-state index < -0.39 is 0 Å². The number of hydrogen-bond donors (Lipinski definition) is 1. The van der Waals surface area contributed by atoms with Gasteiger partial charge in [-0.05, 0) is 18.9 Å². The summed E-state index contributed by atoms with van der Waals surface area (Å²) in [5.41, 5.74) is 0.676. The molecule has 0 unspecified atom stereocenters. The van der Waals surface area contributed by atoms with Gasteiger partial charge in [0.2, 0.25) is 0 Å². The lowest BCUT2D eigenvalue weighted by atomic mass is 10.2. The minimum atomic E-state index is -0.379. The average molecular weight is 238 g/mol. The Balaban J connectivity index is 2.34. The zero-order chi connectivity index (χ0) is 12.5. The van der Waals surface area contributed by atoms with Gasteiger partial charge in [0.15, 0.2) is 0 Å². The lowest BCUT2D eigenvalue weighted by Crippen LogP contribution is -2.07. The van der Waals surface area contributed by atoms with Crippen LogP contribution in [-0.2, 0) is 4.74 Å². The highest BCUT2D eigenvalue weighted by Crippen LogP contribution is 2.22. The van der Waals surface area contributed by atoms with E-state index in [1.807, 2.05) is 0 Å². The first kappa shape index (κ1) is 13.4. The topological polar surface area (TPSA) is 64.4 Å². The van der Waals surface area contributed by atoms with Gasteiger partial charge in [-0.1, -0.05) is 19.1 Å². The van der Waals surface area contributed by atoms with E-state index in [1.54, 1.807) is 18.2 Å². The van der Waals surface area contributed by atoms with Crippen LogP contribution in [0.2, 0.25) is 0 Å². The fraction of sp³-hybridized carbons (Fsp3) is 0.500. The summed E-state index contributed by atoms with van der Waals surface area (Å²) in [6.45, 7) is 4.19. The summed E-state index contributed by atoms with van der Waals surface area (Å²) in [6.07, 6.45) is 1.85. The van der Waals surface area contributed by atoms with E-state index in [1.165, 1.54) is 6.07 Å². The molecule has 17 heavy (non-hydrogen) atoms. The van der Waals surface area contributed by atoms with E-state index in [9.17, 15) is 10.1 Å². The molecule has 0 aliphatic carbocycles. The maximum Gasteiger partial charge on any atom is 0.292 e. The summed E-state index contributed by atoms with van der Waals surface area (Å²) in [7, 11) is 0. The van der Waals surface area contributed by atoms with Crippen LogP contribution < -0.4 is 5.32 Å². The molecule has 0 bridgehead atoms. The molecule has 5 nitrogen and oxygen atoms in total. The molecule has 94 valence electrons. The van der Waals surface area contributed by atoms with E-state index in [4.69, 9.17) is 4.74 Å². The van der Waals surface area contributed by atoms with Crippen molar-refractivity contribution >= 4 is 11.4 Å². The first-order chi connectivity index (χ1) is 8.25. The van der Waals surface area contributed by atoms with Crippen LogP contribution in [0.5, 0.6) is 0 Å². The molecular formula is C12H18N2O3. The van der Waals surface area contributed by atoms with Crippen LogP contribution in [0.25, 0.3) is 0 Å². The predicted octanol–water partition coefficient (Wildman–Crippen LogP) is 2.82. The third-order valence-corrected chi connectivity index (χ3v) is 2.23. The highest BCUT2D eigenvalue weighted by molar-refractivity contribution is 5.60. The number of para-hydroxylation sites is 2. The van der Waals surface area contributed by atoms with Gasteiger partial charge >= 0.3 is 0 Å². The number of ether oxygens (including phenoxy) is 1. The summed E-state index contributed by atoms with van der Waals surface area (Å²) in [6, 6.07) is 6.65. The second-order valence-electron chi connectivity index (χ2n) is 3.67. The molecule has 0 radical (unpaired) electrons. The van der Waals surface area contributed by atoms with E-state index in [2.05, 4.69) is 12.2 Å². The third-order valence-electron chi connectivity index (χ3n) is 2.23. The van der Waals surface area contributed by atoms with Crippen LogP contribution in [0.4, 0.5) is 11.4 Å². The van der Waals surface area contributed by atoms with Crippen molar-refractivity contribution in [3.05, 3.63) is 34.4 Å². The van der Waals surface area contributed by atoms with Gasteiger partial charge in [0.1, 0.15) is 5.69 Å². The Morgan fingerprint density at radius 1 is 1.35 bits per heavy atom. The van der Waals surface area contributed by atoms with Gasteiger partial charge in [-0.3, -0.25) is 10.1 Å². The van der Waals surface area contributed by atoms with Crippen LogP contribution in [0, 0.1) is 10.1 Å². The molecule has 0 atom stereocenters. The molecule has 0 spiro atoms. The van der Waals surface area contributed by atoms with E-state index in [-0.39, 0.29) is 10.6 Å². The Morgan fingerprint density at radius 2 is 2.12 bits per heavy atom. The van der Waals surface area contributed by atoms with Crippen molar-refractivity contribution in [1.82, 2.24) is 0 Å². The molecule has 5 heteroatoms. The molecule has 0 amide bonds. The number of nitro benzene ring substituents is 1. The highest BCUT2D eigenvalue weighted by atomic mass is 16.6. The maximum absolute atomic E-state index is 10.7. The zero-order valence-electron chi connectivity index (χ0n) is 10.0. The van der Waals surface area contributed by atoms with Gasteiger partial charge < -0.3 is 10.1 Å². The number of rotatable bonds is 8. The van der Waals surface area contributed by atoms with Crippen LogP contribution in [0.1, 0.15) is 19.8 Å². The van der Waals surface area contributed by atoms with Crippen molar-refractivity contribution in [2.24, 2.45) is 0 Å². The predicted molar refractivity (Wildman–Crippen MR) is 67.3 cm³/mol. The SMILES string of the molecule is CCCOCCCNc1ccccc1[N+](=O)[O-]. The quantitative estimate of drug-likeness (QED) is 0.429. The maximum atomic E-state index is 10.7. The summed E-state index contributed by atoms with van der Waals surface area (Å²) in [5.74, 6) is 0. The molecule has 0 aliphatic rings. The number of anilines is 1. The second-order valence-corrected chi connectivity index (χ2v) is 3.67. The van der Waals surface area contributed by atoms with Gasteiger partial charge in [-0.25, -0.2) is 0 Å². The fourth-order valence-electron chi connectivity index (χ4n) is 1.43. The van der Waals surface area contributed by atoms with E-state index >= 15 is 0 Å². The molecule has 0 aromatic heterocycles. The van der Waals surface area contributed by atoms with Crippen LogP contribution >= 0.6 is 0 Å². The molecule has 0 fully saturated rings. The van der Waals surface area contributed by atoms with Gasteiger partial charge in [-0.15, -0.1) is 0 Å². The largest absolute Gasteiger partial charge is 0.381 e. The normalized spacial score (nSPS) is 10.2. The number of benzene rings is 1. The minimum absolute atomic E-state index is 0.113. The number of nitrogens with one attached hydrogen (secondary N) is 1. The van der Waals surface area contributed by atoms with Crippen molar-refractivity contribution in [3.63, 3.8) is 0 Å². The van der Waals surface area contributed by atoms with E-state index in [0.29, 0.717) is 18.8 Å². The Hall–Kier alpha value is -1.62. The second kappa shape index (κ2) is 7.62. The number of nitrogens with zero attached hydrogens (tertiary/aromatic N) is 1. The summed E-state index contributed by atoms with van der Waals surface area (Å²) < 4.78 is 5.32. The molecule has 0 saturated heterocycles. The van der Waals surface area contributed by atoms with Crippen molar-refractivity contribution in [2.75, 3.05) is 25.1 Å². The smallest absolute Gasteiger partial charge is 0.292 e. The van der Waals surface area contributed by atoms with Crippen LogP contribution in [-0.4, -0.2) is 24.7 Å². The van der Waals surface area contributed by atoms with E-state index in [0.717, 1.165) is 19.4 Å². The highest BCUT2D eigenvalue weighted by Gasteiger charge is 2.10. The Labute approximate surface area is 101 Å². The van der Waals surface area contributed by atoms with Crippen molar-refractivity contribution in [2.45, 2.75) is 19.8 Å². The molecule has 1 rings (SSSR count). The third kappa shape index (κ3) is 4.82. The first-order valence-electron chi connectivity index (χ1n) is 5.80. The summed E-state index contributed by atoms with van der Waals surface area (Å²) >= 11 is 0. The van der Waals surface area contributed by atoms with Gasteiger partial charge in [0.25, 0.3) is 5.69 Å². The van der Waals surface area contributed by atoms with Gasteiger partial charge in [0, 0.05) is 25.8 Å².